The van der Waals surface area contributed by atoms with Crippen molar-refractivity contribution >= 4 is 5.69 Å². The Bertz CT molecular complexity index is 294. The average molecular weight is 191 g/mol. The highest BCUT2D eigenvalue weighted by atomic mass is 16.3. The Morgan fingerprint density at radius 3 is 2.50 bits per heavy atom. The van der Waals surface area contributed by atoms with Gasteiger partial charge in [0.2, 0.25) is 0 Å². The molecule has 0 aliphatic heterocycles. The second-order valence-electron chi connectivity index (χ2n) is 4.17. The van der Waals surface area contributed by atoms with Gasteiger partial charge in [-0.15, -0.1) is 0 Å². The van der Waals surface area contributed by atoms with Crippen molar-refractivity contribution in [3.63, 3.8) is 0 Å². The molecular weight excluding hydrogens is 174 g/mol. The molecule has 1 aromatic rings. The molecule has 2 heteroatoms. The van der Waals surface area contributed by atoms with Crippen LogP contribution in [0.15, 0.2) is 24.3 Å². The minimum atomic E-state index is -0.0991. The normalized spacial score (nSPS) is 26.4. The lowest BCUT2D eigenvalue weighted by molar-refractivity contribution is 0.182. The van der Waals surface area contributed by atoms with Gasteiger partial charge in [-0.05, 0) is 38.3 Å². The zero-order valence-corrected chi connectivity index (χ0v) is 8.53. The van der Waals surface area contributed by atoms with Gasteiger partial charge in [0.1, 0.15) is 0 Å². The third kappa shape index (κ3) is 2.26. The van der Waals surface area contributed by atoms with E-state index >= 15 is 0 Å². The van der Waals surface area contributed by atoms with Crippen molar-refractivity contribution in [2.75, 3.05) is 5.32 Å². The smallest absolute Gasteiger partial charge is 0.0560 e. The molecule has 2 atom stereocenters. The predicted octanol–water partition coefficient (Wildman–Crippen LogP) is 2.32. The fourth-order valence-electron chi connectivity index (χ4n) is 1.97. The quantitative estimate of drug-likeness (QED) is 0.752. The number of rotatable bonds is 2. The van der Waals surface area contributed by atoms with Gasteiger partial charge in [-0.25, -0.2) is 0 Å². The first kappa shape index (κ1) is 9.53. The van der Waals surface area contributed by atoms with Gasteiger partial charge < -0.3 is 10.4 Å². The van der Waals surface area contributed by atoms with Crippen molar-refractivity contribution in [2.24, 2.45) is 0 Å². The van der Waals surface area contributed by atoms with E-state index in [1.165, 1.54) is 5.56 Å². The van der Waals surface area contributed by atoms with Crippen molar-refractivity contribution < 1.29 is 5.11 Å². The number of aryl methyl sites for hydroxylation is 1. The van der Waals surface area contributed by atoms with Crippen LogP contribution in [0, 0.1) is 6.92 Å². The van der Waals surface area contributed by atoms with Gasteiger partial charge in [0, 0.05) is 11.7 Å². The number of hydrogen-bond acceptors (Lipinski definition) is 2. The number of aliphatic hydroxyl groups is 1. The third-order valence-electron chi connectivity index (χ3n) is 2.83. The zero-order chi connectivity index (χ0) is 9.97. The molecule has 76 valence electrons. The van der Waals surface area contributed by atoms with Crippen LogP contribution in [-0.2, 0) is 0 Å². The van der Waals surface area contributed by atoms with Crippen LogP contribution in [0.4, 0.5) is 5.69 Å². The van der Waals surface area contributed by atoms with E-state index in [-0.39, 0.29) is 6.10 Å². The first-order valence-electron chi connectivity index (χ1n) is 5.25. The average Bonchev–Trinajstić information content (AvgIpc) is 2.56. The minimum absolute atomic E-state index is 0.0991. The molecule has 1 unspecified atom stereocenters. The summed E-state index contributed by atoms with van der Waals surface area (Å²) in [5, 5.41) is 12.8. The molecule has 1 fully saturated rings. The van der Waals surface area contributed by atoms with Gasteiger partial charge in [0.05, 0.1) is 6.10 Å². The van der Waals surface area contributed by atoms with Gasteiger partial charge >= 0.3 is 0 Å². The van der Waals surface area contributed by atoms with E-state index in [1.54, 1.807) is 0 Å². The Balaban J connectivity index is 1.94. The van der Waals surface area contributed by atoms with Crippen LogP contribution < -0.4 is 5.32 Å². The van der Waals surface area contributed by atoms with Crippen LogP contribution in [0.25, 0.3) is 0 Å². The van der Waals surface area contributed by atoms with Crippen molar-refractivity contribution in [1.82, 2.24) is 0 Å². The third-order valence-corrected chi connectivity index (χ3v) is 2.83. The lowest BCUT2D eigenvalue weighted by atomic mass is 10.2. The summed E-state index contributed by atoms with van der Waals surface area (Å²) in [7, 11) is 0. The van der Waals surface area contributed by atoms with E-state index in [0.29, 0.717) is 6.04 Å². The highest BCUT2D eigenvalue weighted by molar-refractivity contribution is 5.45. The standard InChI is InChI=1S/C12H17NO/c1-9-2-4-10(5-3-9)13-11-6-7-12(14)8-11/h2-5,11-14H,6-8H2,1H3/t11-,12?/m0/s1. The second kappa shape index (κ2) is 4.01. The molecule has 2 nitrogen and oxygen atoms in total. The molecule has 0 spiro atoms. The van der Waals surface area contributed by atoms with E-state index in [0.717, 1.165) is 24.9 Å². The van der Waals surface area contributed by atoms with E-state index in [2.05, 4.69) is 36.5 Å². The summed E-state index contributed by atoms with van der Waals surface area (Å²) in [5.74, 6) is 0. The van der Waals surface area contributed by atoms with Crippen molar-refractivity contribution in [2.45, 2.75) is 38.3 Å². The van der Waals surface area contributed by atoms with Gasteiger partial charge in [0.25, 0.3) is 0 Å². The van der Waals surface area contributed by atoms with Crippen molar-refractivity contribution in [3.8, 4) is 0 Å². The monoisotopic (exact) mass is 191 g/mol. The maximum absolute atomic E-state index is 9.38. The Kier molecular flexibility index (Phi) is 2.73. The molecule has 0 aromatic heterocycles. The lowest BCUT2D eigenvalue weighted by Gasteiger charge is -2.13. The Labute approximate surface area is 85.0 Å². The summed E-state index contributed by atoms with van der Waals surface area (Å²) in [4.78, 5) is 0. The first-order chi connectivity index (χ1) is 6.74. The molecule has 1 aliphatic carbocycles. The molecule has 0 saturated heterocycles. The van der Waals surface area contributed by atoms with Crippen LogP contribution in [0.5, 0.6) is 0 Å². The van der Waals surface area contributed by atoms with E-state index in [1.807, 2.05) is 0 Å². The zero-order valence-electron chi connectivity index (χ0n) is 8.53. The fraction of sp³-hybridized carbons (Fsp3) is 0.500. The maximum atomic E-state index is 9.38. The second-order valence-corrected chi connectivity index (χ2v) is 4.17. The van der Waals surface area contributed by atoms with Crippen LogP contribution in [-0.4, -0.2) is 17.3 Å². The summed E-state index contributed by atoms with van der Waals surface area (Å²) >= 11 is 0. The Morgan fingerprint density at radius 1 is 1.21 bits per heavy atom. The predicted molar refractivity (Wildman–Crippen MR) is 58.4 cm³/mol. The van der Waals surface area contributed by atoms with E-state index in [9.17, 15) is 5.11 Å². The minimum Gasteiger partial charge on any atom is -0.393 e. The molecular formula is C12H17NO. The highest BCUT2D eigenvalue weighted by Crippen LogP contribution is 2.22. The largest absolute Gasteiger partial charge is 0.393 e. The molecule has 0 bridgehead atoms. The van der Waals surface area contributed by atoms with Crippen LogP contribution in [0.2, 0.25) is 0 Å². The summed E-state index contributed by atoms with van der Waals surface area (Å²) in [6.45, 7) is 2.09. The Morgan fingerprint density at radius 2 is 1.93 bits per heavy atom. The molecule has 1 aliphatic rings. The number of benzene rings is 1. The van der Waals surface area contributed by atoms with Gasteiger partial charge in [-0.1, -0.05) is 17.7 Å². The van der Waals surface area contributed by atoms with Gasteiger partial charge in [-0.3, -0.25) is 0 Å². The number of nitrogens with one attached hydrogen (secondary N) is 1. The molecule has 2 rings (SSSR count). The highest BCUT2D eigenvalue weighted by Gasteiger charge is 2.22. The summed E-state index contributed by atoms with van der Waals surface area (Å²) in [6, 6.07) is 8.86. The van der Waals surface area contributed by atoms with Gasteiger partial charge in [-0.2, -0.15) is 0 Å². The van der Waals surface area contributed by atoms with E-state index in [4.69, 9.17) is 0 Å². The van der Waals surface area contributed by atoms with Gasteiger partial charge in [0.15, 0.2) is 0 Å². The molecule has 0 radical (unpaired) electrons. The Hall–Kier alpha value is -1.02. The molecule has 1 aromatic carbocycles. The summed E-state index contributed by atoms with van der Waals surface area (Å²) in [6.07, 6.45) is 2.80. The molecule has 1 saturated carbocycles. The van der Waals surface area contributed by atoms with Crippen LogP contribution >= 0.6 is 0 Å². The summed E-state index contributed by atoms with van der Waals surface area (Å²) < 4.78 is 0. The van der Waals surface area contributed by atoms with Crippen LogP contribution in [0.3, 0.4) is 0 Å². The van der Waals surface area contributed by atoms with E-state index < -0.39 is 0 Å². The summed E-state index contributed by atoms with van der Waals surface area (Å²) in [5.41, 5.74) is 2.44. The number of hydrogen-bond donors (Lipinski definition) is 2. The molecule has 14 heavy (non-hydrogen) atoms. The number of anilines is 1. The van der Waals surface area contributed by atoms with Crippen LogP contribution in [0.1, 0.15) is 24.8 Å². The molecule has 0 heterocycles. The van der Waals surface area contributed by atoms with Crippen molar-refractivity contribution in [1.29, 1.82) is 0 Å². The van der Waals surface area contributed by atoms with Crippen molar-refractivity contribution in [3.05, 3.63) is 29.8 Å². The molecule has 0 amide bonds. The number of aliphatic hydroxyl groups excluding tert-OH is 1. The topological polar surface area (TPSA) is 32.3 Å². The SMILES string of the molecule is Cc1ccc(N[C@H]2CCC(O)C2)cc1. The lowest BCUT2D eigenvalue weighted by Crippen LogP contribution is -2.16. The molecule has 2 N–H and O–H groups in total. The first-order valence-corrected chi connectivity index (χ1v) is 5.25. The fourth-order valence-corrected chi connectivity index (χ4v) is 1.97. The maximum Gasteiger partial charge on any atom is 0.0560 e.